The van der Waals surface area contributed by atoms with E-state index in [0.717, 1.165) is 27.2 Å². The summed E-state index contributed by atoms with van der Waals surface area (Å²) in [7, 11) is 0. The lowest BCUT2D eigenvalue weighted by molar-refractivity contribution is -0.201. The summed E-state index contributed by atoms with van der Waals surface area (Å²) in [5.74, 6) is -3.10. The van der Waals surface area contributed by atoms with E-state index < -0.39 is 48.7 Å². The van der Waals surface area contributed by atoms with Crippen LogP contribution in [0.3, 0.4) is 0 Å². The highest BCUT2D eigenvalue weighted by Crippen LogP contribution is 2.44. The predicted molar refractivity (Wildman–Crippen MR) is 122 cm³/mol. The molecule has 10 heteroatoms. The molecule has 2 aromatic rings. The van der Waals surface area contributed by atoms with E-state index in [1.54, 1.807) is 5.32 Å². The summed E-state index contributed by atoms with van der Waals surface area (Å²) in [6.45, 7) is 2.80. The minimum absolute atomic E-state index is 0.227. The number of alkyl halides is 3. The van der Waals surface area contributed by atoms with Gasteiger partial charge in [-0.2, -0.15) is 13.2 Å². The highest BCUT2D eigenvalue weighted by Gasteiger charge is 2.60. The molecular formula is C25H27F3N2O5. The van der Waals surface area contributed by atoms with Crippen molar-refractivity contribution < 1.29 is 37.4 Å². The maximum atomic E-state index is 14.0. The first-order valence-electron chi connectivity index (χ1n) is 11.1. The molecule has 0 bridgehead atoms. The molecule has 1 atom stereocenters. The number of halogens is 3. The largest absolute Gasteiger partial charge is 0.481 e. The lowest BCUT2D eigenvalue weighted by Gasteiger charge is -2.37. The van der Waals surface area contributed by atoms with Crippen molar-refractivity contribution in [3.05, 3.63) is 59.7 Å². The number of aliphatic carboxylic acids is 1. The predicted octanol–water partition coefficient (Wildman–Crippen LogP) is 4.56. The van der Waals surface area contributed by atoms with E-state index in [2.05, 4.69) is 0 Å². The number of alkyl carbamates (subject to hydrolysis) is 1. The van der Waals surface area contributed by atoms with Crippen molar-refractivity contribution in [2.45, 2.75) is 50.9 Å². The van der Waals surface area contributed by atoms with Gasteiger partial charge >= 0.3 is 18.2 Å². The van der Waals surface area contributed by atoms with Crippen LogP contribution in [0.1, 0.15) is 44.2 Å². The maximum absolute atomic E-state index is 14.0. The van der Waals surface area contributed by atoms with Crippen molar-refractivity contribution in [3.63, 3.8) is 0 Å². The Morgan fingerprint density at radius 1 is 1.03 bits per heavy atom. The molecule has 0 aliphatic heterocycles. The number of rotatable bonds is 8. The highest BCUT2D eigenvalue weighted by molar-refractivity contribution is 5.91. The molecule has 0 fully saturated rings. The SMILES string of the molecule is CC(C)N(CCC(=O)O)C(=O)C(C)(NC(=O)OCC1c2ccccc2-c2ccccc21)C(F)(F)F. The second-order valence-electron chi connectivity index (χ2n) is 8.81. The summed E-state index contributed by atoms with van der Waals surface area (Å²) in [5, 5.41) is 10.6. The highest BCUT2D eigenvalue weighted by atomic mass is 19.4. The van der Waals surface area contributed by atoms with Crippen LogP contribution in [0, 0.1) is 0 Å². The fraction of sp³-hybridized carbons (Fsp3) is 0.400. The van der Waals surface area contributed by atoms with Crippen molar-refractivity contribution in [2.75, 3.05) is 13.2 Å². The zero-order chi connectivity index (χ0) is 26.0. The van der Waals surface area contributed by atoms with E-state index in [9.17, 15) is 27.6 Å². The molecule has 1 aliphatic carbocycles. The lowest BCUT2D eigenvalue weighted by Crippen LogP contribution is -2.66. The van der Waals surface area contributed by atoms with Gasteiger partial charge in [0.2, 0.25) is 5.54 Å². The second-order valence-corrected chi connectivity index (χ2v) is 8.81. The molecule has 0 saturated carbocycles. The average molecular weight is 492 g/mol. The number of fused-ring (bicyclic) bond motifs is 3. The monoisotopic (exact) mass is 492 g/mol. The zero-order valence-corrected chi connectivity index (χ0v) is 19.6. The molecule has 3 rings (SSSR count). The van der Waals surface area contributed by atoms with Gasteiger partial charge in [0.05, 0.1) is 6.42 Å². The molecule has 1 unspecified atom stereocenters. The first kappa shape index (κ1) is 26.1. The van der Waals surface area contributed by atoms with Crippen LogP contribution >= 0.6 is 0 Å². The van der Waals surface area contributed by atoms with Crippen LogP contribution in [0.4, 0.5) is 18.0 Å². The maximum Gasteiger partial charge on any atom is 0.420 e. The number of nitrogens with one attached hydrogen (secondary N) is 1. The number of hydrogen-bond donors (Lipinski definition) is 2. The van der Waals surface area contributed by atoms with Gasteiger partial charge in [-0.25, -0.2) is 4.79 Å². The summed E-state index contributed by atoms with van der Waals surface area (Å²) in [6, 6.07) is 14.3. The van der Waals surface area contributed by atoms with E-state index in [4.69, 9.17) is 9.84 Å². The third kappa shape index (κ3) is 5.26. The Labute approximate surface area is 200 Å². The summed E-state index contributed by atoms with van der Waals surface area (Å²) >= 11 is 0. The summed E-state index contributed by atoms with van der Waals surface area (Å²) in [6.07, 6.45) is -7.10. The number of carboxylic acids is 1. The van der Waals surface area contributed by atoms with Gasteiger partial charge in [-0.1, -0.05) is 48.5 Å². The van der Waals surface area contributed by atoms with E-state index >= 15 is 0 Å². The van der Waals surface area contributed by atoms with Crippen molar-refractivity contribution in [1.82, 2.24) is 10.2 Å². The fourth-order valence-corrected chi connectivity index (χ4v) is 4.18. The molecule has 0 heterocycles. The van der Waals surface area contributed by atoms with Gasteiger partial charge in [-0.3, -0.25) is 14.9 Å². The van der Waals surface area contributed by atoms with Crippen molar-refractivity contribution in [3.8, 4) is 11.1 Å². The number of carbonyl (C=O) groups excluding carboxylic acids is 2. The van der Waals surface area contributed by atoms with E-state index in [0.29, 0.717) is 6.92 Å². The van der Waals surface area contributed by atoms with Crippen LogP contribution in [0.5, 0.6) is 0 Å². The smallest absolute Gasteiger partial charge is 0.420 e. The molecule has 2 N–H and O–H groups in total. The number of benzene rings is 2. The molecule has 2 aromatic carbocycles. The number of nitrogens with zero attached hydrogens (tertiary/aromatic N) is 1. The molecule has 0 saturated heterocycles. The molecule has 0 aromatic heterocycles. The third-order valence-electron chi connectivity index (χ3n) is 6.14. The third-order valence-corrected chi connectivity index (χ3v) is 6.14. The Kier molecular flexibility index (Phi) is 7.42. The molecule has 188 valence electrons. The minimum Gasteiger partial charge on any atom is -0.481 e. The molecule has 35 heavy (non-hydrogen) atoms. The zero-order valence-electron chi connectivity index (χ0n) is 19.6. The van der Waals surface area contributed by atoms with Gasteiger partial charge in [-0.05, 0) is 43.0 Å². The van der Waals surface area contributed by atoms with Gasteiger partial charge in [-0.15, -0.1) is 0 Å². The first-order valence-corrected chi connectivity index (χ1v) is 11.1. The van der Waals surface area contributed by atoms with Crippen LogP contribution in [-0.2, 0) is 14.3 Å². The number of hydrogen-bond acceptors (Lipinski definition) is 4. The van der Waals surface area contributed by atoms with Crippen LogP contribution in [-0.4, -0.2) is 58.9 Å². The Morgan fingerprint density at radius 2 is 1.54 bits per heavy atom. The Bertz CT molecular complexity index is 1070. The number of carboxylic acid groups (broad SMARTS) is 1. The molecule has 2 amide bonds. The first-order chi connectivity index (χ1) is 16.4. The average Bonchev–Trinajstić information content (AvgIpc) is 3.10. The molecular weight excluding hydrogens is 465 g/mol. The summed E-state index contributed by atoms with van der Waals surface area (Å²) < 4.78 is 47.3. The van der Waals surface area contributed by atoms with Crippen LogP contribution in [0.25, 0.3) is 11.1 Å². The second kappa shape index (κ2) is 9.97. The van der Waals surface area contributed by atoms with Crippen molar-refractivity contribution in [1.29, 1.82) is 0 Å². The molecule has 0 spiro atoms. The van der Waals surface area contributed by atoms with Crippen LogP contribution < -0.4 is 5.32 Å². The summed E-state index contributed by atoms with van der Waals surface area (Å²) in [5.41, 5.74) is 0.377. The van der Waals surface area contributed by atoms with Gasteiger partial charge in [0, 0.05) is 18.5 Å². The molecule has 0 radical (unpaired) electrons. The lowest BCUT2D eigenvalue weighted by atomic mass is 9.98. The van der Waals surface area contributed by atoms with Crippen molar-refractivity contribution in [2.24, 2.45) is 0 Å². The normalized spacial score (nSPS) is 14.6. The van der Waals surface area contributed by atoms with Crippen molar-refractivity contribution >= 4 is 18.0 Å². The van der Waals surface area contributed by atoms with E-state index in [1.807, 2.05) is 48.5 Å². The Hall–Kier alpha value is -3.56. The topological polar surface area (TPSA) is 95.9 Å². The van der Waals surface area contributed by atoms with Gasteiger partial charge in [0.1, 0.15) is 6.61 Å². The standard InChI is InChI=1S/C25H27F3N2O5/c1-15(2)30(13-12-21(31)32)22(33)24(3,25(26,27)28)29-23(34)35-14-20-18-10-6-4-8-16(18)17-9-5-7-11-19(17)20/h4-11,15,20H,12-14H2,1-3H3,(H,29,34)(H,31,32). The Balaban J connectivity index is 1.78. The quantitative estimate of drug-likeness (QED) is 0.563. The number of carbonyl (C=O) groups is 3. The number of ether oxygens (including phenoxy) is 1. The molecule has 7 nitrogen and oxygen atoms in total. The van der Waals surface area contributed by atoms with E-state index in [1.165, 1.54) is 13.8 Å². The Morgan fingerprint density at radius 3 is 2.00 bits per heavy atom. The fourth-order valence-electron chi connectivity index (χ4n) is 4.18. The van der Waals surface area contributed by atoms with E-state index in [-0.39, 0.29) is 12.5 Å². The van der Waals surface area contributed by atoms with Gasteiger partial charge in [0.25, 0.3) is 5.91 Å². The summed E-state index contributed by atoms with van der Waals surface area (Å²) in [4.78, 5) is 37.2. The minimum atomic E-state index is -5.16. The number of amides is 2. The van der Waals surface area contributed by atoms with Gasteiger partial charge in [0.15, 0.2) is 0 Å². The van der Waals surface area contributed by atoms with Crippen LogP contribution in [0.2, 0.25) is 0 Å². The van der Waals surface area contributed by atoms with Crippen LogP contribution in [0.15, 0.2) is 48.5 Å². The molecule has 1 aliphatic rings. The van der Waals surface area contributed by atoms with Gasteiger partial charge < -0.3 is 14.7 Å².